The van der Waals surface area contributed by atoms with Gasteiger partial charge in [-0.1, -0.05) is 65.1 Å². The maximum absolute atomic E-state index is 6.33. The van der Waals surface area contributed by atoms with Gasteiger partial charge in [-0.2, -0.15) is 9.51 Å². The number of hydrogen-bond acceptors (Lipinski definition) is 7. The second-order valence-corrected chi connectivity index (χ2v) is 12.8. The first-order valence-electron chi connectivity index (χ1n) is 10.1. The van der Waals surface area contributed by atoms with Crippen LogP contribution in [0.15, 0.2) is 44.8 Å². The van der Waals surface area contributed by atoms with E-state index >= 15 is 0 Å². The summed E-state index contributed by atoms with van der Waals surface area (Å²) in [4.78, 5) is 9.25. The largest absolute Gasteiger partial charge is 0.304 e. The Hall–Kier alpha value is -0.500. The fourth-order valence-corrected chi connectivity index (χ4v) is 7.44. The van der Waals surface area contributed by atoms with Gasteiger partial charge in [0.2, 0.25) is 11.3 Å². The zero-order valence-corrected chi connectivity index (χ0v) is 20.4. The van der Waals surface area contributed by atoms with E-state index in [0.717, 1.165) is 57.9 Å². The van der Waals surface area contributed by atoms with Gasteiger partial charge in [-0.15, -0.1) is 0 Å². The van der Waals surface area contributed by atoms with E-state index in [9.17, 15) is 0 Å². The summed E-state index contributed by atoms with van der Waals surface area (Å²) in [5.41, 5.74) is 0.909. The molecule has 30 heavy (non-hydrogen) atoms. The molecule has 0 atom stereocenters. The Kier molecular flexibility index (Phi) is 6.93. The molecule has 7 nitrogen and oxygen atoms in total. The summed E-state index contributed by atoms with van der Waals surface area (Å²) in [5.74, 6) is 0.825. The number of aliphatic imine (C=N–C) groups is 1. The van der Waals surface area contributed by atoms with Crippen molar-refractivity contribution >= 4 is 54.0 Å². The summed E-state index contributed by atoms with van der Waals surface area (Å²) < 4.78 is 13.4. The summed E-state index contributed by atoms with van der Waals surface area (Å²) in [5, 5.41) is 0. The topological polar surface area (TPSA) is 50.0 Å². The first kappa shape index (κ1) is 22.7. The van der Waals surface area contributed by atoms with E-state index in [1.165, 1.54) is 0 Å². The van der Waals surface area contributed by atoms with Crippen LogP contribution in [0.4, 0.5) is 0 Å². The second-order valence-electron chi connectivity index (χ2n) is 7.87. The summed E-state index contributed by atoms with van der Waals surface area (Å²) >= 11 is 19.0. The third-order valence-corrected chi connectivity index (χ3v) is 9.41. The number of likely N-dealkylation sites (N-methyl/N-ethyl adjacent to an activating group) is 2. The molecule has 2 fully saturated rings. The van der Waals surface area contributed by atoms with Crippen molar-refractivity contribution in [2.75, 3.05) is 66.5 Å². The number of halogens is 3. The van der Waals surface area contributed by atoms with Crippen LogP contribution in [0, 0.1) is 0 Å². The van der Waals surface area contributed by atoms with Gasteiger partial charge in [0.05, 0.1) is 0 Å². The molecule has 0 spiro atoms. The number of nitrogens with zero attached hydrogens (tertiary/aromatic N) is 7. The van der Waals surface area contributed by atoms with Gasteiger partial charge in [-0.25, -0.2) is 14.3 Å². The molecule has 3 aliphatic heterocycles. The Morgan fingerprint density at radius 2 is 1.30 bits per heavy atom. The van der Waals surface area contributed by atoms with Crippen molar-refractivity contribution in [3.63, 3.8) is 0 Å². The quantitative estimate of drug-likeness (QED) is 0.479. The molecule has 4 rings (SSSR count). The Balaban J connectivity index is 1.86. The molecule has 1 aromatic rings. The van der Waals surface area contributed by atoms with Gasteiger partial charge in [0.1, 0.15) is 0 Å². The predicted octanol–water partition coefficient (Wildman–Crippen LogP) is 3.66. The molecule has 2 saturated heterocycles. The van der Waals surface area contributed by atoms with Crippen LogP contribution in [0.3, 0.4) is 0 Å². The summed E-state index contributed by atoms with van der Waals surface area (Å²) in [6, 6.07) is 9.90. The molecule has 0 N–H and O–H groups in total. The van der Waals surface area contributed by atoms with Gasteiger partial charge in [-0.05, 0) is 14.1 Å². The smallest absolute Gasteiger partial charge is 0.250 e. The highest BCUT2D eigenvalue weighted by Crippen LogP contribution is 2.61. The van der Waals surface area contributed by atoms with E-state index in [2.05, 4.69) is 38.2 Å². The van der Waals surface area contributed by atoms with E-state index in [1.54, 1.807) is 0 Å². The van der Waals surface area contributed by atoms with Gasteiger partial charge in [0.25, 0.3) is 0 Å². The Bertz CT molecular complexity index is 842. The fraction of sp³-hybridized carbons (Fsp3) is 0.579. The third kappa shape index (κ3) is 4.79. The summed E-state index contributed by atoms with van der Waals surface area (Å²) in [6.07, 6.45) is 0. The monoisotopic (exact) mass is 489 g/mol. The number of benzene rings is 1. The van der Waals surface area contributed by atoms with Crippen LogP contribution in [-0.2, 0) is 0 Å². The van der Waals surface area contributed by atoms with Gasteiger partial charge < -0.3 is 9.80 Å². The van der Waals surface area contributed by atoms with Crippen LogP contribution in [0.2, 0.25) is 0 Å². The van der Waals surface area contributed by atoms with Crippen molar-refractivity contribution < 1.29 is 0 Å². The maximum Gasteiger partial charge on any atom is 0.250 e. The number of alkyl halides is 3. The average molecular weight is 491 g/mol. The molecule has 0 radical (unpaired) electrons. The van der Waals surface area contributed by atoms with E-state index in [0.29, 0.717) is 5.84 Å². The highest BCUT2D eigenvalue weighted by Gasteiger charge is 2.43. The zero-order valence-electron chi connectivity index (χ0n) is 17.3. The predicted molar refractivity (Wildman–Crippen MR) is 128 cm³/mol. The van der Waals surface area contributed by atoms with E-state index in [-0.39, 0.29) is 5.84 Å². The first-order valence-corrected chi connectivity index (χ1v) is 12.8. The van der Waals surface area contributed by atoms with Crippen LogP contribution in [-0.4, -0.2) is 101 Å². The molecule has 0 aliphatic carbocycles. The van der Waals surface area contributed by atoms with Crippen molar-refractivity contribution in [2.45, 2.75) is 3.79 Å². The van der Waals surface area contributed by atoms with Crippen molar-refractivity contribution in [3.8, 4) is 0 Å². The van der Waals surface area contributed by atoms with Crippen LogP contribution >= 0.6 is 42.3 Å². The second kappa shape index (κ2) is 9.16. The van der Waals surface area contributed by atoms with Crippen molar-refractivity contribution in [1.82, 2.24) is 19.1 Å². The molecule has 11 heteroatoms. The molecule has 0 bridgehead atoms. The standard InChI is InChI=1S/C19H27Cl3N7P/c1-26-8-12-28(13-9-26)30(29-14-10-27(2)11-15-29)24-17(16-6-4-3-5-7-16)23-18(25-30)19(20,21)22/h3-7H,8-15H2,1-2H3. The van der Waals surface area contributed by atoms with Crippen molar-refractivity contribution in [2.24, 2.45) is 14.5 Å². The van der Waals surface area contributed by atoms with Gasteiger partial charge >= 0.3 is 0 Å². The molecular formula is C19H27Cl3N7P. The number of hydrogen-bond donors (Lipinski definition) is 0. The van der Waals surface area contributed by atoms with E-state index < -0.39 is 11.3 Å². The Morgan fingerprint density at radius 3 is 1.77 bits per heavy atom. The lowest BCUT2D eigenvalue weighted by Crippen LogP contribution is -2.49. The normalized spacial score (nSPS) is 24.8. The molecule has 0 saturated carbocycles. The number of rotatable bonds is 3. The van der Waals surface area contributed by atoms with Gasteiger partial charge in [0, 0.05) is 57.9 Å². The average Bonchev–Trinajstić information content (AvgIpc) is 2.74. The Morgan fingerprint density at radius 1 is 0.800 bits per heavy atom. The van der Waals surface area contributed by atoms with Gasteiger partial charge in [-0.3, -0.25) is 0 Å². The van der Waals surface area contributed by atoms with Crippen LogP contribution in [0.25, 0.3) is 0 Å². The minimum absolute atomic E-state index is 0.229. The molecule has 0 aromatic heterocycles. The lowest BCUT2D eigenvalue weighted by molar-refractivity contribution is 0.195. The van der Waals surface area contributed by atoms with Crippen molar-refractivity contribution in [1.29, 1.82) is 0 Å². The number of piperazine rings is 2. The summed E-state index contributed by atoms with van der Waals surface area (Å²) in [7, 11) is 1.76. The van der Waals surface area contributed by atoms with Crippen LogP contribution in [0.5, 0.6) is 0 Å². The number of amidine groups is 2. The van der Waals surface area contributed by atoms with Crippen molar-refractivity contribution in [3.05, 3.63) is 35.9 Å². The minimum atomic E-state index is -2.53. The maximum atomic E-state index is 6.33. The molecule has 164 valence electrons. The molecule has 1 aromatic carbocycles. The minimum Gasteiger partial charge on any atom is -0.304 e. The molecule has 0 unspecified atom stereocenters. The van der Waals surface area contributed by atoms with E-state index in [1.807, 2.05) is 30.3 Å². The lowest BCUT2D eigenvalue weighted by atomic mass is 10.2. The van der Waals surface area contributed by atoms with Gasteiger partial charge in [0.15, 0.2) is 11.7 Å². The molecule has 3 heterocycles. The highest BCUT2D eigenvalue weighted by atomic mass is 35.6. The Labute approximate surface area is 193 Å². The van der Waals surface area contributed by atoms with Crippen LogP contribution in [0.1, 0.15) is 5.56 Å². The lowest BCUT2D eigenvalue weighted by Gasteiger charge is -2.47. The SMILES string of the molecule is CN1CCN(P2(N3CCN(C)CC3)=NC(C(Cl)(Cl)Cl)=NC(c3ccccc3)=N2)CC1. The fourth-order valence-electron chi connectivity index (χ4n) is 3.81. The molecular weight excluding hydrogens is 464 g/mol. The molecule has 0 amide bonds. The molecule has 3 aliphatic rings. The van der Waals surface area contributed by atoms with E-state index in [4.69, 9.17) is 44.3 Å². The zero-order chi connectivity index (χ0) is 21.4. The van der Waals surface area contributed by atoms with Crippen LogP contribution < -0.4 is 0 Å². The third-order valence-electron chi connectivity index (χ3n) is 5.67. The first-order chi connectivity index (χ1) is 14.3. The summed E-state index contributed by atoms with van der Waals surface area (Å²) in [6.45, 7) is 7.33. The highest BCUT2D eigenvalue weighted by molar-refractivity contribution is 7.61.